The van der Waals surface area contributed by atoms with Crippen LogP contribution < -0.4 is 10.2 Å². The molecule has 0 atom stereocenters. The molecule has 0 saturated carbocycles. The van der Waals surface area contributed by atoms with E-state index in [1.807, 2.05) is 42.2 Å². The third-order valence-corrected chi connectivity index (χ3v) is 4.12. The first kappa shape index (κ1) is 19.4. The van der Waals surface area contributed by atoms with Gasteiger partial charge in [0, 0.05) is 17.9 Å². The molecular formula is C21H18F3N3O. The molecule has 0 saturated heterocycles. The largest absolute Gasteiger partial charge is 0.416 e. The SMILES string of the molecule is CCN(c1ccccc1)c1ccc(C(=O)Nc2cccc(C(F)(F)F)c2)nc1. The number of hydrogen-bond donors (Lipinski definition) is 1. The van der Waals surface area contributed by atoms with E-state index in [2.05, 4.69) is 10.3 Å². The molecule has 7 heteroatoms. The first-order chi connectivity index (χ1) is 13.4. The maximum atomic E-state index is 12.8. The third kappa shape index (κ3) is 4.49. The predicted molar refractivity (Wildman–Crippen MR) is 103 cm³/mol. The number of halogens is 3. The number of nitrogens with one attached hydrogen (secondary N) is 1. The molecule has 1 aromatic heterocycles. The molecule has 4 nitrogen and oxygen atoms in total. The minimum absolute atomic E-state index is 0.0603. The molecule has 144 valence electrons. The molecule has 3 rings (SSSR count). The van der Waals surface area contributed by atoms with Gasteiger partial charge in [-0.15, -0.1) is 0 Å². The van der Waals surface area contributed by atoms with Crippen LogP contribution in [0, 0.1) is 0 Å². The van der Waals surface area contributed by atoms with Gasteiger partial charge in [0.1, 0.15) is 5.69 Å². The maximum Gasteiger partial charge on any atom is 0.416 e. The molecule has 1 N–H and O–H groups in total. The number of anilines is 3. The van der Waals surface area contributed by atoms with Crippen LogP contribution in [0.5, 0.6) is 0 Å². The predicted octanol–water partition coefficient (Wildman–Crippen LogP) is 5.51. The van der Waals surface area contributed by atoms with Crippen LogP contribution in [-0.4, -0.2) is 17.4 Å². The quantitative estimate of drug-likeness (QED) is 0.630. The Kier molecular flexibility index (Phi) is 5.63. The van der Waals surface area contributed by atoms with Crippen molar-refractivity contribution in [2.24, 2.45) is 0 Å². The second kappa shape index (κ2) is 8.12. The molecule has 0 aliphatic rings. The second-order valence-corrected chi connectivity index (χ2v) is 6.01. The van der Waals surface area contributed by atoms with Crippen molar-refractivity contribution in [1.29, 1.82) is 0 Å². The molecule has 0 radical (unpaired) electrons. The summed E-state index contributed by atoms with van der Waals surface area (Å²) in [6.07, 6.45) is -2.90. The number of aromatic nitrogens is 1. The summed E-state index contributed by atoms with van der Waals surface area (Å²) in [5.74, 6) is -0.575. The molecular weight excluding hydrogens is 367 g/mol. The molecule has 0 spiro atoms. The summed E-state index contributed by atoms with van der Waals surface area (Å²) in [5.41, 5.74) is 1.16. The first-order valence-electron chi connectivity index (χ1n) is 8.65. The minimum atomic E-state index is -4.47. The molecule has 1 amide bonds. The normalized spacial score (nSPS) is 11.1. The van der Waals surface area contributed by atoms with E-state index < -0.39 is 17.6 Å². The number of alkyl halides is 3. The van der Waals surface area contributed by atoms with Gasteiger partial charge in [-0.2, -0.15) is 13.2 Å². The van der Waals surface area contributed by atoms with Crippen molar-refractivity contribution < 1.29 is 18.0 Å². The molecule has 0 unspecified atom stereocenters. The van der Waals surface area contributed by atoms with Crippen LogP contribution in [0.4, 0.5) is 30.2 Å². The van der Waals surface area contributed by atoms with Crippen LogP contribution >= 0.6 is 0 Å². The zero-order chi connectivity index (χ0) is 20.1. The molecule has 28 heavy (non-hydrogen) atoms. The van der Waals surface area contributed by atoms with Gasteiger partial charge in [0.05, 0.1) is 17.4 Å². The number of nitrogens with zero attached hydrogens (tertiary/aromatic N) is 2. The summed E-state index contributed by atoms with van der Waals surface area (Å²) in [7, 11) is 0. The van der Waals surface area contributed by atoms with Crippen molar-refractivity contribution in [2.75, 3.05) is 16.8 Å². The van der Waals surface area contributed by atoms with Gasteiger partial charge in [-0.05, 0) is 49.4 Å². The highest BCUT2D eigenvalue weighted by atomic mass is 19.4. The van der Waals surface area contributed by atoms with E-state index in [-0.39, 0.29) is 11.4 Å². The summed E-state index contributed by atoms with van der Waals surface area (Å²) in [4.78, 5) is 18.5. The Morgan fingerprint density at radius 1 is 1.00 bits per heavy atom. The molecule has 1 heterocycles. The number of rotatable bonds is 5. The number of pyridine rings is 1. The second-order valence-electron chi connectivity index (χ2n) is 6.01. The highest BCUT2D eigenvalue weighted by molar-refractivity contribution is 6.03. The summed E-state index contributed by atoms with van der Waals surface area (Å²) in [6.45, 7) is 2.71. The highest BCUT2D eigenvalue weighted by Crippen LogP contribution is 2.30. The van der Waals surface area contributed by atoms with Crippen molar-refractivity contribution in [3.8, 4) is 0 Å². The minimum Gasteiger partial charge on any atom is -0.341 e. The van der Waals surface area contributed by atoms with Gasteiger partial charge < -0.3 is 10.2 Å². The maximum absolute atomic E-state index is 12.8. The van der Waals surface area contributed by atoms with E-state index in [1.54, 1.807) is 18.3 Å². The van der Waals surface area contributed by atoms with Gasteiger partial charge in [-0.1, -0.05) is 24.3 Å². The molecule has 2 aromatic carbocycles. The molecule has 0 aliphatic heterocycles. The average molecular weight is 385 g/mol. The number of amides is 1. The summed E-state index contributed by atoms with van der Waals surface area (Å²) < 4.78 is 38.4. The number of hydrogen-bond acceptors (Lipinski definition) is 3. The average Bonchev–Trinajstić information content (AvgIpc) is 2.69. The van der Waals surface area contributed by atoms with Crippen LogP contribution in [0.25, 0.3) is 0 Å². The van der Waals surface area contributed by atoms with Crippen molar-refractivity contribution in [1.82, 2.24) is 4.98 Å². The summed E-state index contributed by atoms with van der Waals surface area (Å²) in [5, 5.41) is 2.45. The molecule has 0 aliphatic carbocycles. The summed E-state index contributed by atoms with van der Waals surface area (Å²) in [6, 6.07) is 17.5. The standard InChI is InChI=1S/C21H18F3N3O/c1-2-27(17-9-4-3-5-10-17)18-11-12-19(25-14-18)20(28)26-16-8-6-7-15(13-16)21(22,23)24/h3-14H,2H2,1H3,(H,26,28). The molecule has 0 bridgehead atoms. The third-order valence-electron chi connectivity index (χ3n) is 4.12. The van der Waals surface area contributed by atoms with Gasteiger partial charge in [0.15, 0.2) is 0 Å². The van der Waals surface area contributed by atoms with E-state index in [0.717, 1.165) is 23.5 Å². The zero-order valence-corrected chi connectivity index (χ0v) is 15.1. The van der Waals surface area contributed by atoms with E-state index >= 15 is 0 Å². The fourth-order valence-electron chi connectivity index (χ4n) is 2.77. The van der Waals surface area contributed by atoms with Crippen molar-refractivity contribution in [2.45, 2.75) is 13.1 Å². The van der Waals surface area contributed by atoms with Crippen molar-refractivity contribution in [3.63, 3.8) is 0 Å². The van der Waals surface area contributed by atoms with E-state index in [0.29, 0.717) is 6.54 Å². The first-order valence-corrected chi connectivity index (χ1v) is 8.65. The van der Waals surface area contributed by atoms with Crippen LogP contribution in [-0.2, 0) is 6.18 Å². The Hall–Kier alpha value is -3.35. The Balaban J connectivity index is 1.75. The monoisotopic (exact) mass is 385 g/mol. The van der Waals surface area contributed by atoms with Gasteiger partial charge in [0.25, 0.3) is 5.91 Å². The van der Waals surface area contributed by atoms with Crippen LogP contribution in [0.15, 0.2) is 72.9 Å². The lowest BCUT2D eigenvalue weighted by atomic mass is 10.2. The lowest BCUT2D eigenvalue weighted by Crippen LogP contribution is -2.18. The van der Waals surface area contributed by atoms with E-state index in [1.165, 1.54) is 12.1 Å². The smallest absolute Gasteiger partial charge is 0.341 e. The van der Waals surface area contributed by atoms with E-state index in [9.17, 15) is 18.0 Å². The molecule has 3 aromatic rings. The Bertz CT molecular complexity index is 941. The lowest BCUT2D eigenvalue weighted by molar-refractivity contribution is -0.137. The highest BCUT2D eigenvalue weighted by Gasteiger charge is 2.30. The van der Waals surface area contributed by atoms with Crippen molar-refractivity contribution >= 4 is 23.0 Å². The Morgan fingerprint density at radius 3 is 2.36 bits per heavy atom. The van der Waals surface area contributed by atoms with Gasteiger partial charge >= 0.3 is 6.18 Å². The summed E-state index contributed by atoms with van der Waals surface area (Å²) >= 11 is 0. The number of para-hydroxylation sites is 1. The van der Waals surface area contributed by atoms with Gasteiger partial charge in [-0.25, -0.2) is 4.98 Å². The number of benzene rings is 2. The topological polar surface area (TPSA) is 45.2 Å². The van der Waals surface area contributed by atoms with Crippen molar-refractivity contribution in [3.05, 3.63) is 84.2 Å². The fraction of sp³-hybridized carbons (Fsp3) is 0.143. The van der Waals surface area contributed by atoms with Gasteiger partial charge in [0.2, 0.25) is 0 Å². The number of carbonyl (C=O) groups is 1. The molecule has 0 fully saturated rings. The Labute approximate surface area is 160 Å². The lowest BCUT2D eigenvalue weighted by Gasteiger charge is -2.23. The Morgan fingerprint density at radius 2 is 1.75 bits per heavy atom. The van der Waals surface area contributed by atoms with Crippen LogP contribution in [0.1, 0.15) is 23.0 Å². The number of carbonyl (C=O) groups excluding carboxylic acids is 1. The fourth-order valence-corrected chi connectivity index (χ4v) is 2.77. The van der Waals surface area contributed by atoms with Gasteiger partial charge in [-0.3, -0.25) is 4.79 Å². The van der Waals surface area contributed by atoms with E-state index in [4.69, 9.17) is 0 Å². The zero-order valence-electron chi connectivity index (χ0n) is 15.1. The van der Waals surface area contributed by atoms with Crippen LogP contribution in [0.3, 0.4) is 0 Å². The van der Waals surface area contributed by atoms with Crippen LogP contribution in [0.2, 0.25) is 0 Å².